The van der Waals surface area contributed by atoms with Gasteiger partial charge < -0.3 is 9.13 Å². The van der Waals surface area contributed by atoms with Crippen molar-refractivity contribution in [2.45, 2.75) is 61.6 Å². The summed E-state index contributed by atoms with van der Waals surface area (Å²) in [6.07, 6.45) is -4.76. The molecular formula is C71H53F3N4. The van der Waals surface area contributed by atoms with E-state index >= 15 is 13.2 Å². The molecule has 10 aromatic carbocycles. The van der Waals surface area contributed by atoms with Gasteiger partial charge >= 0.3 is 6.18 Å². The molecule has 2 heterocycles. The summed E-state index contributed by atoms with van der Waals surface area (Å²) in [6, 6.07) is 63.1. The van der Waals surface area contributed by atoms with Gasteiger partial charge in [-0.2, -0.15) is 23.7 Å². The van der Waals surface area contributed by atoms with Crippen LogP contribution in [0, 0.1) is 78.1 Å². The lowest BCUT2D eigenvalue weighted by Crippen LogP contribution is -2.07. The van der Waals surface area contributed by atoms with Crippen molar-refractivity contribution in [2.75, 3.05) is 0 Å². The highest BCUT2D eigenvalue weighted by atomic mass is 19.4. The van der Waals surface area contributed by atoms with Crippen LogP contribution < -0.4 is 0 Å². The second kappa shape index (κ2) is 18.7. The number of aryl methyl sites for hydroxylation is 8. The Balaban J connectivity index is 1.19. The summed E-state index contributed by atoms with van der Waals surface area (Å²) in [5, 5.41) is 25.7. The quantitative estimate of drug-likeness (QED) is 0.160. The number of halogens is 3. The van der Waals surface area contributed by atoms with Gasteiger partial charge in [-0.1, -0.05) is 119 Å². The molecule has 0 saturated carbocycles. The highest BCUT2D eigenvalue weighted by molar-refractivity contribution is 6.14. The van der Waals surface area contributed by atoms with Crippen molar-refractivity contribution >= 4 is 43.6 Å². The van der Waals surface area contributed by atoms with Crippen LogP contribution in [0.5, 0.6) is 0 Å². The topological polar surface area (TPSA) is 57.4 Å². The van der Waals surface area contributed by atoms with Gasteiger partial charge in [0.25, 0.3) is 0 Å². The maximum Gasteiger partial charge on any atom is 0.416 e. The van der Waals surface area contributed by atoms with Gasteiger partial charge in [0.05, 0.1) is 56.2 Å². The van der Waals surface area contributed by atoms with Crippen molar-refractivity contribution in [3.05, 3.63) is 237 Å². The Morgan fingerprint density at radius 2 is 0.692 bits per heavy atom. The maximum atomic E-state index is 15.1. The zero-order valence-corrected chi connectivity index (χ0v) is 44.7. The van der Waals surface area contributed by atoms with Crippen molar-refractivity contribution in [1.82, 2.24) is 9.13 Å². The van der Waals surface area contributed by atoms with Crippen LogP contribution in [-0.2, 0) is 6.18 Å². The molecule has 0 saturated heterocycles. The van der Waals surface area contributed by atoms with Crippen molar-refractivity contribution in [3.63, 3.8) is 0 Å². The van der Waals surface area contributed by atoms with E-state index in [0.717, 1.165) is 134 Å². The van der Waals surface area contributed by atoms with E-state index in [-0.39, 0.29) is 11.1 Å². The Bertz CT molecular complexity index is 4390. The fourth-order valence-corrected chi connectivity index (χ4v) is 12.1. The highest BCUT2D eigenvalue weighted by Gasteiger charge is 2.32. The number of benzene rings is 10. The van der Waals surface area contributed by atoms with E-state index in [2.05, 4.69) is 216 Å². The zero-order valence-electron chi connectivity index (χ0n) is 44.7. The standard InChI is InChI=1S/C71H53F3N4/c1-40-9-17-56(44(5)25-40)49-13-21-65-61(32-49)62-33-50(57-18-10-41(2)26-45(57)6)14-22-66(62)77(65)69-37-60(53-29-48(38-75)30-55(31-53)71(72,73)74)70(36-54(69)39-76)78-67-23-15-51(58-19-11-42(3)27-46(58)7)34-63(67)64-35-52(16-24-68(64)78)59-20-12-43(4)28-47(59)8/h9-37H,1-8H3. The molecule has 4 nitrogen and oxygen atoms in total. The van der Waals surface area contributed by atoms with E-state index in [4.69, 9.17) is 0 Å². The first-order valence-corrected chi connectivity index (χ1v) is 26.1. The Morgan fingerprint density at radius 1 is 0.333 bits per heavy atom. The molecule has 0 aliphatic carbocycles. The summed E-state index contributed by atoms with van der Waals surface area (Å²) in [5.41, 5.74) is 21.8. The number of hydrogen-bond donors (Lipinski definition) is 0. The fraction of sp³-hybridized carbons (Fsp3) is 0.127. The van der Waals surface area contributed by atoms with E-state index < -0.39 is 11.7 Å². The highest BCUT2D eigenvalue weighted by Crippen LogP contribution is 2.45. The lowest BCUT2D eigenvalue weighted by molar-refractivity contribution is -0.137. The molecule has 0 fully saturated rings. The first-order chi connectivity index (χ1) is 37.5. The molecule has 0 unspecified atom stereocenters. The summed E-state index contributed by atoms with van der Waals surface area (Å²) in [6.45, 7) is 16.8. The van der Waals surface area contributed by atoms with Gasteiger partial charge in [-0.05, 0) is 207 Å². The van der Waals surface area contributed by atoms with Crippen LogP contribution in [0.15, 0.2) is 176 Å². The molecule has 0 bridgehead atoms. The number of alkyl halides is 3. The van der Waals surface area contributed by atoms with E-state index in [1.807, 2.05) is 18.2 Å². The van der Waals surface area contributed by atoms with Crippen LogP contribution >= 0.6 is 0 Å². The Labute approximate surface area is 452 Å². The molecule has 2 aromatic heterocycles. The lowest BCUT2D eigenvalue weighted by atomic mass is 9.95. The molecule has 0 aliphatic rings. The molecule has 0 atom stereocenters. The van der Waals surface area contributed by atoms with Gasteiger partial charge in [-0.15, -0.1) is 0 Å². The monoisotopic (exact) mass is 1020 g/mol. The minimum Gasteiger partial charge on any atom is -0.309 e. The Kier molecular flexibility index (Phi) is 11.8. The molecule has 0 spiro atoms. The third-order valence-corrected chi connectivity index (χ3v) is 15.7. The molecule has 78 heavy (non-hydrogen) atoms. The molecule has 7 heteroatoms. The van der Waals surface area contributed by atoms with Crippen LogP contribution in [0.1, 0.15) is 61.2 Å². The van der Waals surface area contributed by atoms with Gasteiger partial charge in [0.15, 0.2) is 0 Å². The molecule has 0 radical (unpaired) electrons. The van der Waals surface area contributed by atoms with Gasteiger partial charge in [0, 0.05) is 27.1 Å². The van der Waals surface area contributed by atoms with E-state index in [1.54, 1.807) is 0 Å². The van der Waals surface area contributed by atoms with Crippen molar-refractivity contribution < 1.29 is 13.2 Å². The smallest absolute Gasteiger partial charge is 0.309 e. The molecule has 0 N–H and O–H groups in total. The van der Waals surface area contributed by atoms with Crippen LogP contribution in [0.25, 0.3) is 111 Å². The van der Waals surface area contributed by atoms with Gasteiger partial charge in [-0.3, -0.25) is 0 Å². The number of fused-ring (bicyclic) bond motifs is 6. The summed E-state index contributed by atoms with van der Waals surface area (Å²) in [7, 11) is 0. The molecular weight excluding hydrogens is 966 g/mol. The Morgan fingerprint density at radius 3 is 1.01 bits per heavy atom. The van der Waals surface area contributed by atoms with Gasteiger partial charge in [0.2, 0.25) is 0 Å². The predicted molar refractivity (Wildman–Crippen MR) is 315 cm³/mol. The van der Waals surface area contributed by atoms with Gasteiger partial charge in [0.1, 0.15) is 6.07 Å². The third-order valence-electron chi connectivity index (χ3n) is 15.7. The Hall–Kier alpha value is -9.43. The van der Waals surface area contributed by atoms with Crippen LogP contribution in [-0.4, -0.2) is 9.13 Å². The minimum absolute atomic E-state index is 0.134. The molecule has 12 aromatic rings. The number of nitriles is 2. The van der Waals surface area contributed by atoms with E-state index in [9.17, 15) is 10.5 Å². The number of aromatic nitrogens is 2. The zero-order chi connectivity index (χ0) is 54.5. The number of nitrogens with zero attached hydrogens (tertiary/aromatic N) is 4. The first kappa shape index (κ1) is 49.4. The van der Waals surface area contributed by atoms with Crippen molar-refractivity contribution in [2.24, 2.45) is 0 Å². The second-order valence-corrected chi connectivity index (χ2v) is 21.3. The van der Waals surface area contributed by atoms with Crippen LogP contribution in [0.3, 0.4) is 0 Å². The molecule has 0 aliphatic heterocycles. The van der Waals surface area contributed by atoms with E-state index in [1.165, 1.54) is 17.2 Å². The second-order valence-electron chi connectivity index (χ2n) is 21.3. The molecule has 378 valence electrons. The molecule has 12 rings (SSSR count). The molecule has 0 amide bonds. The summed E-state index contributed by atoms with van der Waals surface area (Å²) in [4.78, 5) is 0. The fourth-order valence-electron chi connectivity index (χ4n) is 12.1. The van der Waals surface area contributed by atoms with Crippen molar-refractivity contribution in [1.29, 1.82) is 10.5 Å². The maximum absolute atomic E-state index is 15.1. The third kappa shape index (κ3) is 8.40. The van der Waals surface area contributed by atoms with Crippen LogP contribution in [0.2, 0.25) is 0 Å². The summed E-state index contributed by atoms with van der Waals surface area (Å²) in [5.74, 6) is 0. The van der Waals surface area contributed by atoms with Crippen molar-refractivity contribution in [3.8, 4) is 79.1 Å². The van der Waals surface area contributed by atoms with E-state index in [0.29, 0.717) is 22.5 Å². The number of rotatable bonds is 7. The average Bonchev–Trinajstić information content (AvgIpc) is 4.12. The summed E-state index contributed by atoms with van der Waals surface area (Å²) < 4.78 is 49.3. The van der Waals surface area contributed by atoms with Crippen LogP contribution in [0.4, 0.5) is 13.2 Å². The number of hydrogen-bond acceptors (Lipinski definition) is 2. The normalized spacial score (nSPS) is 11.8. The average molecular weight is 1020 g/mol. The minimum atomic E-state index is -4.76. The summed E-state index contributed by atoms with van der Waals surface area (Å²) >= 11 is 0. The lowest BCUT2D eigenvalue weighted by Gasteiger charge is -2.20. The van der Waals surface area contributed by atoms with Gasteiger partial charge in [-0.25, -0.2) is 0 Å². The predicted octanol–water partition coefficient (Wildman–Crippen LogP) is 19.4. The largest absolute Gasteiger partial charge is 0.416 e. The first-order valence-electron chi connectivity index (χ1n) is 26.1. The SMILES string of the molecule is Cc1ccc(-c2ccc3c(c2)c2cc(-c4ccc(C)cc4C)ccc2n3-c2cc(-c3cc(C#N)cc(C(F)(F)F)c3)c(-n3c4ccc(-c5ccc(C)cc5C)cc4c4cc(-c5ccc(C)cc5C)ccc43)cc2C#N)c(C)c1.